The van der Waals surface area contributed by atoms with Gasteiger partial charge in [0.25, 0.3) is 0 Å². The van der Waals surface area contributed by atoms with Gasteiger partial charge in [0.05, 0.1) is 7.11 Å². The number of para-hydroxylation sites is 1. The zero-order chi connectivity index (χ0) is 13.9. The fourth-order valence-electron chi connectivity index (χ4n) is 2.44. The smallest absolute Gasteiger partial charge is 0.166 e. The Morgan fingerprint density at radius 3 is 2.65 bits per heavy atom. The van der Waals surface area contributed by atoms with Crippen LogP contribution < -0.4 is 9.47 Å². The zero-order valence-corrected chi connectivity index (χ0v) is 11.1. The molecule has 1 aliphatic rings. The average molecular weight is 269 g/mol. The highest BCUT2D eigenvalue weighted by Gasteiger charge is 2.29. The van der Waals surface area contributed by atoms with Crippen molar-refractivity contribution in [2.24, 2.45) is 5.16 Å². The Labute approximate surface area is 117 Å². The summed E-state index contributed by atoms with van der Waals surface area (Å²) in [5.74, 6) is 1.41. The highest BCUT2D eigenvalue weighted by atomic mass is 16.5. The molecule has 0 amide bonds. The SMILES string of the molecule is COc1cccc2c1OC(c1ccccc1)/C(=N\O)C2. The highest BCUT2D eigenvalue weighted by Crippen LogP contribution is 2.39. The van der Waals surface area contributed by atoms with Gasteiger partial charge in [-0.25, -0.2) is 0 Å². The molecule has 1 atom stereocenters. The van der Waals surface area contributed by atoms with Crippen molar-refractivity contribution in [1.82, 2.24) is 0 Å². The number of ether oxygens (including phenoxy) is 2. The zero-order valence-electron chi connectivity index (χ0n) is 11.1. The van der Waals surface area contributed by atoms with E-state index in [9.17, 15) is 5.21 Å². The topological polar surface area (TPSA) is 51.0 Å². The van der Waals surface area contributed by atoms with Gasteiger partial charge in [0.1, 0.15) is 5.71 Å². The van der Waals surface area contributed by atoms with E-state index in [-0.39, 0.29) is 6.10 Å². The molecule has 2 aromatic carbocycles. The maximum atomic E-state index is 9.25. The van der Waals surface area contributed by atoms with Gasteiger partial charge in [-0.1, -0.05) is 47.6 Å². The van der Waals surface area contributed by atoms with Gasteiger partial charge < -0.3 is 14.7 Å². The molecule has 1 unspecified atom stereocenters. The fourth-order valence-corrected chi connectivity index (χ4v) is 2.44. The first-order chi connectivity index (χ1) is 9.83. The van der Waals surface area contributed by atoms with Crippen LogP contribution in [0, 0.1) is 0 Å². The Bertz CT molecular complexity index is 637. The van der Waals surface area contributed by atoms with Crippen LogP contribution in [0.25, 0.3) is 0 Å². The molecule has 0 radical (unpaired) electrons. The molecule has 3 rings (SSSR count). The van der Waals surface area contributed by atoms with Crippen LogP contribution in [0.5, 0.6) is 11.5 Å². The molecule has 0 aliphatic carbocycles. The van der Waals surface area contributed by atoms with Crippen LogP contribution in [0.2, 0.25) is 0 Å². The second-order valence-corrected chi connectivity index (χ2v) is 4.63. The van der Waals surface area contributed by atoms with Crippen LogP contribution in [0.1, 0.15) is 17.2 Å². The summed E-state index contributed by atoms with van der Waals surface area (Å²) in [6, 6.07) is 15.4. The van der Waals surface area contributed by atoms with E-state index in [1.54, 1.807) is 7.11 Å². The highest BCUT2D eigenvalue weighted by molar-refractivity contribution is 5.93. The van der Waals surface area contributed by atoms with Gasteiger partial charge in [0.15, 0.2) is 17.6 Å². The number of oxime groups is 1. The predicted molar refractivity (Wildman–Crippen MR) is 75.7 cm³/mol. The molecule has 0 aromatic heterocycles. The molecule has 0 saturated heterocycles. The predicted octanol–water partition coefficient (Wildman–Crippen LogP) is 3.20. The largest absolute Gasteiger partial charge is 0.493 e. The Morgan fingerprint density at radius 2 is 1.95 bits per heavy atom. The third-order valence-electron chi connectivity index (χ3n) is 3.42. The molecular weight excluding hydrogens is 254 g/mol. The summed E-state index contributed by atoms with van der Waals surface area (Å²) in [5.41, 5.74) is 2.51. The summed E-state index contributed by atoms with van der Waals surface area (Å²) < 4.78 is 11.4. The van der Waals surface area contributed by atoms with Crippen molar-refractivity contribution < 1.29 is 14.7 Å². The summed E-state index contributed by atoms with van der Waals surface area (Å²) in [6.45, 7) is 0. The van der Waals surface area contributed by atoms with Crippen molar-refractivity contribution in [2.75, 3.05) is 7.11 Å². The van der Waals surface area contributed by atoms with Crippen molar-refractivity contribution in [3.63, 3.8) is 0 Å². The fraction of sp³-hybridized carbons (Fsp3) is 0.188. The summed E-state index contributed by atoms with van der Waals surface area (Å²) in [6.07, 6.45) is 0.160. The lowest BCUT2D eigenvalue weighted by Gasteiger charge is -2.28. The third-order valence-corrected chi connectivity index (χ3v) is 3.42. The molecule has 20 heavy (non-hydrogen) atoms. The monoisotopic (exact) mass is 269 g/mol. The Morgan fingerprint density at radius 1 is 1.15 bits per heavy atom. The molecule has 0 bridgehead atoms. The molecular formula is C16H15NO3. The van der Waals surface area contributed by atoms with Crippen LogP contribution >= 0.6 is 0 Å². The van der Waals surface area contributed by atoms with E-state index in [1.807, 2.05) is 48.5 Å². The summed E-state index contributed by atoms with van der Waals surface area (Å²) >= 11 is 0. The van der Waals surface area contributed by atoms with Crippen LogP contribution in [0.3, 0.4) is 0 Å². The van der Waals surface area contributed by atoms with Gasteiger partial charge >= 0.3 is 0 Å². The van der Waals surface area contributed by atoms with E-state index in [0.717, 1.165) is 16.9 Å². The first-order valence-corrected chi connectivity index (χ1v) is 6.41. The van der Waals surface area contributed by atoms with Crippen LogP contribution in [0.4, 0.5) is 0 Å². The summed E-state index contributed by atoms with van der Waals surface area (Å²) in [5, 5.41) is 12.7. The second kappa shape index (κ2) is 5.25. The Kier molecular flexibility index (Phi) is 3.29. The van der Waals surface area contributed by atoms with Gasteiger partial charge in [-0.05, 0) is 11.6 Å². The van der Waals surface area contributed by atoms with Crippen molar-refractivity contribution in [1.29, 1.82) is 0 Å². The number of methoxy groups -OCH3 is 1. The van der Waals surface area contributed by atoms with E-state index in [1.165, 1.54) is 0 Å². The van der Waals surface area contributed by atoms with Crippen molar-refractivity contribution in [3.05, 3.63) is 59.7 Å². The lowest BCUT2D eigenvalue weighted by molar-refractivity contribution is 0.232. The minimum Gasteiger partial charge on any atom is -0.493 e. The normalized spacial score (nSPS) is 19.2. The van der Waals surface area contributed by atoms with Gasteiger partial charge in [0, 0.05) is 12.0 Å². The number of hydrogen-bond acceptors (Lipinski definition) is 4. The van der Waals surface area contributed by atoms with Gasteiger partial charge in [-0.15, -0.1) is 0 Å². The molecule has 0 saturated carbocycles. The Balaban J connectivity index is 2.05. The summed E-state index contributed by atoms with van der Waals surface area (Å²) in [7, 11) is 1.62. The molecule has 1 aliphatic heterocycles. The quantitative estimate of drug-likeness (QED) is 0.672. The van der Waals surface area contributed by atoms with E-state index in [2.05, 4.69) is 5.16 Å². The van der Waals surface area contributed by atoms with Crippen LogP contribution in [0.15, 0.2) is 53.7 Å². The van der Waals surface area contributed by atoms with Crippen molar-refractivity contribution in [2.45, 2.75) is 12.5 Å². The number of benzene rings is 2. The number of nitrogens with zero attached hydrogens (tertiary/aromatic N) is 1. The minimum absolute atomic E-state index is 0.384. The molecule has 2 aromatic rings. The molecule has 4 nitrogen and oxygen atoms in total. The molecule has 0 spiro atoms. The maximum Gasteiger partial charge on any atom is 0.166 e. The minimum atomic E-state index is -0.384. The molecule has 1 N–H and O–H groups in total. The lowest BCUT2D eigenvalue weighted by Crippen LogP contribution is -2.26. The molecule has 0 fully saturated rings. The van der Waals surface area contributed by atoms with Crippen molar-refractivity contribution >= 4 is 5.71 Å². The maximum absolute atomic E-state index is 9.25. The van der Waals surface area contributed by atoms with Gasteiger partial charge in [-0.2, -0.15) is 0 Å². The lowest BCUT2D eigenvalue weighted by atomic mass is 9.95. The van der Waals surface area contributed by atoms with Gasteiger partial charge in [0.2, 0.25) is 0 Å². The van der Waals surface area contributed by atoms with E-state index < -0.39 is 0 Å². The second-order valence-electron chi connectivity index (χ2n) is 4.63. The third kappa shape index (κ3) is 2.09. The van der Waals surface area contributed by atoms with Crippen LogP contribution in [-0.4, -0.2) is 18.0 Å². The summed E-state index contributed by atoms with van der Waals surface area (Å²) in [4.78, 5) is 0. The molecule has 1 heterocycles. The number of rotatable bonds is 2. The molecule has 4 heteroatoms. The van der Waals surface area contributed by atoms with E-state index in [0.29, 0.717) is 17.9 Å². The average Bonchev–Trinajstić information content (AvgIpc) is 2.53. The number of fused-ring (bicyclic) bond motifs is 1. The number of hydrogen-bond donors (Lipinski definition) is 1. The first-order valence-electron chi connectivity index (χ1n) is 6.41. The first kappa shape index (κ1) is 12.5. The standard InChI is InChI=1S/C16H15NO3/c1-19-14-9-5-8-12-10-13(17-18)15(20-16(12)14)11-6-3-2-4-7-11/h2-9,15,18H,10H2,1H3/b17-13-. The van der Waals surface area contributed by atoms with Crippen LogP contribution in [-0.2, 0) is 6.42 Å². The van der Waals surface area contributed by atoms with E-state index in [4.69, 9.17) is 9.47 Å². The Hall–Kier alpha value is -2.49. The van der Waals surface area contributed by atoms with Gasteiger partial charge in [-0.3, -0.25) is 0 Å². The van der Waals surface area contributed by atoms with E-state index >= 15 is 0 Å². The van der Waals surface area contributed by atoms with Crippen molar-refractivity contribution in [3.8, 4) is 11.5 Å². The molecule has 102 valence electrons.